The highest BCUT2D eigenvalue weighted by atomic mass is 16.3. The molecule has 0 unspecified atom stereocenters. The number of amides is 1. The van der Waals surface area contributed by atoms with Crippen LogP contribution in [0.3, 0.4) is 0 Å². The van der Waals surface area contributed by atoms with Crippen molar-refractivity contribution in [3.05, 3.63) is 24.3 Å². The zero-order chi connectivity index (χ0) is 16.2. The molecule has 1 saturated heterocycles. The Morgan fingerprint density at radius 3 is 2.43 bits per heavy atom. The number of hydrogen-bond acceptors (Lipinski definition) is 3. The van der Waals surface area contributed by atoms with Crippen molar-refractivity contribution in [1.82, 2.24) is 0 Å². The molecule has 2 fully saturated rings. The quantitative estimate of drug-likeness (QED) is 0.898. The highest BCUT2D eigenvalue weighted by Crippen LogP contribution is 2.32. The van der Waals surface area contributed by atoms with Gasteiger partial charge in [0.1, 0.15) is 0 Å². The van der Waals surface area contributed by atoms with Gasteiger partial charge >= 0.3 is 0 Å². The number of benzene rings is 1. The van der Waals surface area contributed by atoms with Gasteiger partial charge in [0.15, 0.2) is 0 Å². The Bertz CT molecular complexity index is 530. The van der Waals surface area contributed by atoms with Crippen LogP contribution in [0.1, 0.15) is 45.4 Å². The van der Waals surface area contributed by atoms with Gasteiger partial charge in [-0.3, -0.25) is 4.79 Å². The van der Waals surface area contributed by atoms with Crippen molar-refractivity contribution in [3.63, 3.8) is 0 Å². The standard InChI is InChI=1S/C19H28N2O2/c1-14-6-8-15(9-7-14)19(23)20-17-4-2-3-5-18(17)21-12-10-16(22)11-13-21/h2-5,14-16,22H,6-13H2,1H3,(H,20,23). The summed E-state index contributed by atoms with van der Waals surface area (Å²) in [5.74, 6) is 1.08. The van der Waals surface area contributed by atoms with E-state index in [-0.39, 0.29) is 17.9 Å². The number of aliphatic hydroxyl groups is 1. The van der Waals surface area contributed by atoms with Gasteiger partial charge in [0, 0.05) is 19.0 Å². The van der Waals surface area contributed by atoms with Crippen LogP contribution < -0.4 is 10.2 Å². The normalized spacial score (nSPS) is 26.1. The number of carbonyl (C=O) groups excluding carboxylic acids is 1. The Balaban J connectivity index is 1.67. The van der Waals surface area contributed by atoms with Gasteiger partial charge in [0.25, 0.3) is 0 Å². The van der Waals surface area contributed by atoms with Crippen LogP contribution in [0.5, 0.6) is 0 Å². The number of nitrogens with zero attached hydrogens (tertiary/aromatic N) is 1. The molecular weight excluding hydrogens is 288 g/mol. The minimum absolute atomic E-state index is 0.155. The zero-order valence-electron chi connectivity index (χ0n) is 14.0. The first kappa shape index (κ1) is 16.3. The van der Waals surface area contributed by atoms with Crippen molar-refractivity contribution >= 4 is 17.3 Å². The number of piperidine rings is 1. The van der Waals surface area contributed by atoms with Crippen LogP contribution in [0.4, 0.5) is 11.4 Å². The molecule has 0 aromatic heterocycles. The van der Waals surface area contributed by atoms with E-state index in [1.165, 1.54) is 0 Å². The van der Waals surface area contributed by atoms with Crippen molar-refractivity contribution in [2.75, 3.05) is 23.3 Å². The maximum Gasteiger partial charge on any atom is 0.227 e. The summed E-state index contributed by atoms with van der Waals surface area (Å²) in [7, 11) is 0. The maximum atomic E-state index is 12.6. The third kappa shape index (κ3) is 4.05. The van der Waals surface area contributed by atoms with Gasteiger partial charge in [-0.1, -0.05) is 19.1 Å². The molecule has 126 valence electrons. The maximum absolute atomic E-state index is 12.6. The van der Waals surface area contributed by atoms with Crippen LogP contribution in [-0.4, -0.2) is 30.2 Å². The van der Waals surface area contributed by atoms with Gasteiger partial charge in [-0.15, -0.1) is 0 Å². The predicted molar refractivity (Wildman–Crippen MR) is 93.6 cm³/mol. The van der Waals surface area contributed by atoms with Crippen LogP contribution in [0.15, 0.2) is 24.3 Å². The van der Waals surface area contributed by atoms with E-state index < -0.39 is 0 Å². The van der Waals surface area contributed by atoms with Crippen molar-refractivity contribution in [1.29, 1.82) is 0 Å². The average Bonchev–Trinajstić information content (AvgIpc) is 2.57. The Labute approximate surface area is 138 Å². The van der Waals surface area contributed by atoms with Crippen LogP contribution in [0, 0.1) is 11.8 Å². The van der Waals surface area contributed by atoms with E-state index in [2.05, 4.69) is 23.2 Å². The summed E-state index contributed by atoms with van der Waals surface area (Å²) in [6, 6.07) is 8.04. The second-order valence-electron chi connectivity index (χ2n) is 7.18. The molecule has 1 aromatic carbocycles. The molecule has 0 atom stereocenters. The summed E-state index contributed by atoms with van der Waals surface area (Å²) in [6.07, 6.45) is 5.73. The third-order valence-corrected chi connectivity index (χ3v) is 5.35. The lowest BCUT2D eigenvalue weighted by Gasteiger charge is -2.33. The highest BCUT2D eigenvalue weighted by molar-refractivity contribution is 5.95. The van der Waals surface area contributed by atoms with Crippen molar-refractivity contribution in [2.45, 2.75) is 51.6 Å². The predicted octanol–water partition coefficient (Wildman–Crippen LogP) is 3.41. The molecule has 1 aliphatic carbocycles. The van der Waals surface area contributed by atoms with E-state index in [0.29, 0.717) is 0 Å². The lowest BCUT2D eigenvalue weighted by atomic mass is 9.82. The number of rotatable bonds is 3. The molecule has 0 radical (unpaired) electrons. The topological polar surface area (TPSA) is 52.6 Å². The van der Waals surface area contributed by atoms with Crippen LogP contribution in [-0.2, 0) is 4.79 Å². The summed E-state index contributed by atoms with van der Waals surface area (Å²) in [6.45, 7) is 3.96. The number of aliphatic hydroxyl groups excluding tert-OH is 1. The minimum Gasteiger partial charge on any atom is -0.393 e. The summed E-state index contributed by atoms with van der Waals surface area (Å²) >= 11 is 0. The Morgan fingerprint density at radius 2 is 1.74 bits per heavy atom. The number of anilines is 2. The lowest BCUT2D eigenvalue weighted by molar-refractivity contribution is -0.121. The van der Waals surface area contributed by atoms with E-state index >= 15 is 0 Å². The number of carbonyl (C=O) groups is 1. The molecule has 4 heteroatoms. The molecule has 0 spiro atoms. The third-order valence-electron chi connectivity index (χ3n) is 5.35. The zero-order valence-corrected chi connectivity index (χ0v) is 14.0. The molecule has 23 heavy (non-hydrogen) atoms. The first-order chi connectivity index (χ1) is 11.1. The summed E-state index contributed by atoms with van der Waals surface area (Å²) < 4.78 is 0. The van der Waals surface area contributed by atoms with Gasteiger partial charge in [0.2, 0.25) is 5.91 Å². The molecular formula is C19H28N2O2. The highest BCUT2D eigenvalue weighted by Gasteiger charge is 2.25. The molecule has 2 aliphatic rings. The second kappa shape index (κ2) is 7.35. The van der Waals surface area contributed by atoms with Gasteiger partial charge in [-0.2, -0.15) is 0 Å². The fourth-order valence-electron chi connectivity index (χ4n) is 3.72. The molecule has 1 aliphatic heterocycles. The lowest BCUT2D eigenvalue weighted by Crippen LogP contribution is -2.36. The fourth-order valence-corrected chi connectivity index (χ4v) is 3.72. The molecule has 2 N–H and O–H groups in total. The van der Waals surface area contributed by atoms with E-state index in [1.807, 2.05) is 18.2 Å². The van der Waals surface area contributed by atoms with Crippen LogP contribution >= 0.6 is 0 Å². The van der Waals surface area contributed by atoms with Gasteiger partial charge < -0.3 is 15.3 Å². The smallest absolute Gasteiger partial charge is 0.227 e. The molecule has 3 rings (SSSR count). The molecule has 1 heterocycles. The Kier molecular flexibility index (Phi) is 5.21. The van der Waals surface area contributed by atoms with E-state index in [1.54, 1.807) is 0 Å². The summed E-state index contributed by atoms with van der Waals surface area (Å²) in [5, 5.41) is 12.8. The Hall–Kier alpha value is -1.55. The monoisotopic (exact) mass is 316 g/mol. The first-order valence-corrected chi connectivity index (χ1v) is 8.96. The molecule has 1 saturated carbocycles. The Morgan fingerprint density at radius 1 is 1.09 bits per heavy atom. The second-order valence-corrected chi connectivity index (χ2v) is 7.18. The van der Waals surface area contributed by atoms with Crippen molar-refractivity contribution in [2.24, 2.45) is 11.8 Å². The largest absolute Gasteiger partial charge is 0.393 e. The number of hydrogen-bond donors (Lipinski definition) is 2. The molecule has 0 bridgehead atoms. The molecule has 1 aromatic rings. The number of para-hydroxylation sites is 2. The van der Waals surface area contributed by atoms with Gasteiger partial charge in [-0.25, -0.2) is 0 Å². The first-order valence-electron chi connectivity index (χ1n) is 8.96. The molecule has 4 nitrogen and oxygen atoms in total. The summed E-state index contributed by atoms with van der Waals surface area (Å²) in [5.41, 5.74) is 1.99. The molecule has 1 amide bonds. The van der Waals surface area contributed by atoms with Crippen molar-refractivity contribution < 1.29 is 9.90 Å². The van der Waals surface area contributed by atoms with Gasteiger partial charge in [0.05, 0.1) is 17.5 Å². The SMILES string of the molecule is CC1CCC(C(=O)Nc2ccccc2N2CCC(O)CC2)CC1. The minimum atomic E-state index is -0.183. The average molecular weight is 316 g/mol. The van der Waals surface area contributed by atoms with Gasteiger partial charge in [-0.05, 0) is 56.6 Å². The van der Waals surface area contributed by atoms with Crippen LogP contribution in [0.25, 0.3) is 0 Å². The van der Waals surface area contributed by atoms with Crippen LogP contribution in [0.2, 0.25) is 0 Å². The van der Waals surface area contributed by atoms with E-state index in [0.717, 1.165) is 68.9 Å². The fraction of sp³-hybridized carbons (Fsp3) is 0.632. The summed E-state index contributed by atoms with van der Waals surface area (Å²) in [4.78, 5) is 14.9. The number of nitrogens with one attached hydrogen (secondary N) is 1. The van der Waals surface area contributed by atoms with E-state index in [9.17, 15) is 9.90 Å². The van der Waals surface area contributed by atoms with E-state index in [4.69, 9.17) is 0 Å². The van der Waals surface area contributed by atoms with Crippen molar-refractivity contribution in [3.8, 4) is 0 Å².